The third-order valence-electron chi connectivity index (χ3n) is 1.29. The highest BCUT2D eigenvalue weighted by Gasteiger charge is 1.80. The van der Waals surface area contributed by atoms with Gasteiger partial charge in [-0.25, -0.2) is 0 Å². The van der Waals surface area contributed by atoms with Crippen molar-refractivity contribution in [1.82, 2.24) is 9.97 Å². The molecule has 13 heavy (non-hydrogen) atoms. The second-order valence-corrected chi connectivity index (χ2v) is 2.70. The van der Waals surface area contributed by atoms with Crippen molar-refractivity contribution in [2.45, 2.75) is 41.0 Å². The lowest BCUT2D eigenvalue weighted by Crippen LogP contribution is -1.77. The summed E-state index contributed by atoms with van der Waals surface area (Å²) >= 11 is 0. The van der Waals surface area contributed by atoms with Crippen LogP contribution in [0.5, 0.6) is 0 Å². The van der Waals surface area contributed by atoms with E-state index in [4.69, 9.17) is 0 Å². The van der Waals surface area contributed by atoms with Crippen molar-refractivity contribution in [2.75, 3.05) is 0 Å². The fourth-order valence-electron chi connectivity index (χ4n) is 0.253. The fourth-order valence-corrected chi connectivity index (χ4v) is 0.253. The van der Waals surface area contributed by atoms with Gasteiger partial charge < -0.3 is 0 Å². The van der Waals surface area contributed by atoms with Gasteiger partial charge in [0.1, 0.15) is 0 Å². The maximum absolute atomic E-state index is 3.72. The zero-order valence-corrected chi connectivity index (χ0v) is 9.49. The van der Waals surface area contributed by atoms with E-state index in [1.807, 2.05) is 13.8 Å². The first-order valence-corrected chi connectivity index (χ1v) is 4.97. The Morgan fingerprint density at radius 3 is 1.23 bits per heavy atom. The normalized spacial score (nSPS) is 7.85. The van der Waals surface area contributed by atoms with Crippen molar-refractivity contribution >= 4 is 0 Å². The van der Waals surface area contributed by atoms with Gasteiger partial charge in [-0.2, -0.15) is 0 Å². The lowest BCUT2D eigenvalue weighted by molar-refractivity contribution is 0.626. The Bertz CT molecular complexity index is 123. The van der Waals surface area contributed by atoms with Gasteiger partial charge in [-0.05, 0) is 5.92 Å². The molecule has 1 aromatic heterocycles. The summed E-state index contributed by atoms with van der Waals surface area (Å²) in [4.78, 5) is 7.44. The predicted molar refractivity (Wildman–Crippen MR) is 58.5 cm³/mol. The van der Waals surface area contributed by atoms with E-state index in [2.05, 4.69) is 30.7 Å². The van der Waals surface area contributed by atoms with E-state index in [0.717, 1.165) is 5.92 Å². The van der Waals surface area contributed by atoms with E-state index >= 15 is 0 Å². The van der Waals surface area contributed by atoms with Gasteiger partial charge in [-0.15, -0.1) is 0 Å². The number of hydrogen-bond donors (Lipinski definition) is 0. The lowest BCUT2D eigenvalue weighted by atomic mass is 10.2. The summed E-state index contributed by atoms with van der Waals surface area (Å²) in [6, 6.07) is 0. The molecule has 0 unspecified atom stereocenters. The van der Waals surface area contributed by atoms with Crippen LogP contribution in [0.4, 0.5) is 0 Å². The fraction of sp³-hybridized carbons (Fsp3) is 0.636. The number of rotatable bonds is 1. The Balaban J connectivity index is 0. The second kappa shape index (κ2) is 13.7. The Morgan fingerprint density at radius 2 is 1.15 bits per heavy atom. The van der Waals surface area contributed by atoms with E-state index in [-0.39, 0.29) is 0 Å². The quantitative estimate of drug-likeness (QED) is 0.663. The maximum atomic E-state index is 3.72. The summed E-state index contributed by atoms with van der Waals surface area (Å²) in [7, 11) is 0. The molecule has 0 aliphatic heterocycles. The molecule has 0 bridgehead atoms. The van der Waals surface area contributed by atoms with Gasteiger partial charge in [0.25, 0.3) is 0 Å². The van der Waals surface area contributed by atoms with Crippen LogP contribution in [0.2, 0.25) is 0 Å². The van der Waals surface area contributed by atoms with Gasteiger partial charge in [-0.3, -0.25) is 9.97 Å². The minimum absolute atomic E-state index is 0.884. The minimum atomic E-state index is 0.884. The summed E-state index contributed by atoms with van der Waals surface area (Å²) in [5, 5.41) is 0. The van der Waals surface area contributed by atoms with Gasteiger partial charge in [0.2, 0.25) is 0 Å². The number of nitrogens with zero attached hydrogens (tertiary/aromatic N) is 2. The molecule has 0 saturated heterocycles. The van der Waals surface area contributed by atoms with Gasteiger partial charge >= 0.3 is 0 Å². The Labute approximate surface area is 82.4 Å². The molecule has 2 heteroatoms. The van der Waals surface area contributed by atoms with Crippen molar-refractivity contribution in [3.05, 3.63) is 24.8 Å². The average Bonchev–Trinajstić information content (AvgIpc) is 2.24. The highest BCUT2D eigenvalue weighted by Crippen LogP contribution is 1.93. The van der Waals surface area contributed by atoms with Crippen molar-refractivity contribution < 1.29 is 0 Å². The number of aromatic nitrogens is 2. The smallest absolute Gasteiger partial charge is 0.0451 e. The topological polar surface area (TPSA) is 25.8 Å². The largest absolute Gasteiger partial charge is 0.262 e. The van der Waals surface area contributed by atoms with Crippen molar-refractivity contribution in [3.8, 4) is 0 Å². The van der Waals surface area contributed by atoms with E-state index < -0.39 is 0 Å². The van der Waals surface area contributed by atoms with E-state index in [1.165, 1.54) is 6.42 Å². The maximum Gasteiger partial charge on any atom is 0.0451 e. The van der Waals surface area contributed by atoms with Crippen LogP contribution >= 0.6 is 0 Å². The molecule has 0 aliphatic rings. The summed E-state index contributed by atoms with van der Waals surface area (Å²) in [5.74, 6) is 0.884. The van der Waals surface area contributed by atoms with Crippen LogP contribution in [-0.4, -0.2) is 9.97 Å². The van der Waals surface area contributed by atoms with Crippen LogP contribution in [0, 0.1) is 5.92 Å². The first kappa shape index (κ1) is 14.6. The highest BCUT2D eigenvalue weighted by atomic mass is 14.7. The molecular weight excluding hydrogens is 160 g/mol. The molecule has 0 saturated carbocycles. The summed E-state index contributed by atoms with van der Waals surface area (Å²) in [6.07, 6.45) is 7.86. The molecule has 0 spiro atoms. The molecule has 0 fully saturated rings. The predicted octanol–water partition coefficient (Wildman–Crippen LogP) is 3.56. The van der Waals surface area contributed by atoms with E-state index in [0.29, 0.717) is 0 Å². The molecule has 0 radical (unpaired) electrons. The SMILES string of the molecule is CC.CCC(C)C.c1cnccn1. The van der Waals surface area contributed by atoms with Gasteiger partial charge in [0.15, 0.2) is 0 Å². The van der Waals surface area contributed by atoms with Gasteiger partial charge in [0.05, 0.1) is 0 Å². The first-order valence-electron chi connectivity index (χ1n) is 4.97. The van der Waals surface area contributed by atoms with Gasteiger partial charge in [0, 0.05) is 24.8 Å². The molecule has 0 atom stereocenters. The Hall–Kier alpha value is -0.920. The zero-order chi connectivity index (χ0) is 10.5. The van der Waals surface area contributed by atoms with Crippen molar-refractivity contribution in [3.63, 3.8) is 0 Å². The summed E-state index contributed by atoms with van der Waals surface area (Å²) in [5.41, 5.74) is 0. The standard InChI is InChI=1S/C5H12.C4H4N2.C2H6/c1-4-5(2)3;1-2-6-4-3-5-1;1-2/h5H,4H2,1-3H3;1-4H;1-2H3. The molecule has 76 valence electrons. The van der Waals surface area contributed by atoms with Crippen LogP contribution in [0.1, 0.15) is 41.0 Å². The summed E-state index contributed by atoms with van der Waals surface area (Å²) in [6.45, 7) is 10.6. The molecule has 0 amide bonds. The molecule has 0 aromatic carbocycles. The van der Waals surface area contributed by atoms with Gasteiger partial charge in [-0.1, -0.05) is 41.0 Å². The third kappa shape index (κ3) is 18.2. The Morgan fingerprint density at radius 1 is 0.923 bits per heavy atom. The van der Waals surface area contributed by atoms with Crippen LogP contribution in [0.25, 0.3) is 0 Å². The molecular formula is C11H22N2. The number of hydrogen-bond acceptors (Lipinski definition) is 2. The first-order chi connectivity index (χ1) is 6.27. The second-order valence-electron chi connectivity index (χ2n) is 2.70. The third-order valence-corrected chi connectivity index (χ3v) is 1.29. The van der Waals surface area contributed by atoms with Crippen molar-refractivity contribution in [1.29, 1.82) is 0 Å². The average molecular weight is 182 g/mol. The lowest BCUT2D eigenvalue weighted by Gasteiger charge is -1.90. The minimum Gasteiger partial charge on any atom is -0.262 e. The highest BCUT2D eigenvalue weighted by molar-refractivity contribution is 4.70. The molecule has 1 heterocycles. The van der Waals surface area contributed by atoms with Crippen LogP contribution in [-0.2, 0) is 0 Å². The molecule has 1 aromatic rings. The van der Waals surface area contributed by atoms with E-state index in [9.17, 15) is 0 Å². The molecule has 0 N–H and O–H groups in total. The van der Waals surface area contributed by atoms with Crippen LogP contribution in [0.15, 0.2) is 24.8 Å². The van der Waals surface area contributed by atoms with Crippen LogP contribution < -0.4 is 0 Å². The van der Waals surface area contributed by atoms with Crippen molar-refractivity contribution in [2.24, 2.45) is 5.92 Å². The molecule has 2 nitrogen and oxygen atoms in total. The summed E-state index contributed by atoms with van der Waals surface area (Å²) < 4.78 is 0. The zero-order valence-electron chi connectivity index (χ0n) is 9.49. The van der Waals surface area contributed by atoms with E-state index in [1.54, 1.807) is 24.8 Å². The monoisotopic (exact) mass is 182 g/mol. The van der Waals surface area contributed by atoms with Crippen LogP contribution in [0.3, 0.4) is 0 Å². The molecule has 1 rings (SSSR count). The Kier molecular flexibility index (Phi) is 15.3. The molecule has 0 aliphatic carbocycles.